The molecule has 0 aliphatic carbocycles. The lowest BCUT2D eigenvalue weighted by Gasteiger charge is -2.27. The van der Waals surface area contributed by atoms with E-state index in [9.17, 15) is 9.90 Å². The molecule has 106 valence electrons. The molecule has 1 heterocycles. The molecule has 3 nitrogen and oxygen atoms in total. The highest BCUT2D eigenvalue weighted by molar-refractivity contribution is 7.99. The molecule has 0 aromatic rings. The summed E-state index contributed by atoms with van der Waals surface area (Å²) >= 11 is 1.99. The number of carbonyl (C=O) groups excluding carboxylic acids is 1. The van der Waals surface area contributed by atoms with Gasteiger partial charge in [0.1, 0.15) is 0 Å². The van der Waals surface area contributed by atoms with Crippen LogP contribution in [0.2, 0.25) is 0 Å². The molecule has 1 aliphatic rings. The molecular weight excluding hydrogens is 246 g/mol. The Bertz CT molecular complexity index is 261. The second-order valence-electron chi connectivity index (χ2n) is 6.25. The molecule has 2 N–H and O–H groups in total. The van der Waals surface area contributed by atoms with Crippen molar-refractivity contribution in [2.75, 3.05) is 18.1 Å². The maximum Gasteiger partial charge on any atom is 0.220 e. The fourth-order valence-electron chi connectivity index (χ4n) is 2.49. The van der Waals surface area contributed by atoms with E-state index in [2.05, 4.69) is 19.2 Å². The van der Waals surface area contributed by atoms with Gasteiger partial charge in [-0.05, 0) is 49.0 Å². The first-order valence-electron chi connectivity index (χ1n) is 6.91. The zero-order chi connectivity index (χ0) is 13.6. The number of carbonyl (C=O) groups is 1. The normalized spacial score (nSPS) is 19.6. The Kier molecular flexibility index (Phi) is 6.50. The summed E-state index contributed by atoms with van der Waals surface area (Å²) in [5.41, 5.74) is -0.0355. The topological polar surface area (TPSA) is 49.3 Å². The largest absolute Gasteiger partial charge is 0.393 e. The third-order valence-electron chi connectivity index (χ3n) is 3.43. The smallest absolute Gasteiger partial charge is 0.220 e. The van der Waals surface area contributed by atoms with Crippen LogP contribution in [-0.2, 0) is 4.79 Å². The highest BCUT2D eigenvalue weighted by Crippen LogP contribution is 2.25. The number of aliphatic hydroxyl groups is 1. The number of aliphatic hydroxyl groups excluding tert-OH is 1. The summed E-state index contributed by atoms with van der Waals surface area (Å²) < 4.78 is 0. The average Bonchev–Trinajstić information content (AvgIpc) is 2.26. The van der Waals surface area contributed by atoms with Crippen LogP contribution in [0.4, 0.5) is 0 Å². The monoisotopic (exact) mass is 273 g/mol. The molecule has 0 aromatic carbocycles. The molecule has 1 amide bonds. The van der Waals surface area contributed by atoms with E-state index in [0.717, 1.165) is 0 Å². The van der Waals surface area contributed by atoms with E-state index >= 15 is 0 Å². The van der Waals surface area contributed by atoms with Crippen LogP contribution in [0.1, 0.15) is 46.5 Å². The number of rotatable bonds is 6. The molecule has 1 aliphatic heterocycles. The summed E-state index contributed by atoms with van der Waals surface area (Å²) in [5.74, 6) is 3.15. The van der Waals surface area contributed by atoms with Gasteiger partial charge in [-0.25, -0.2) is 0 Å². The van der Waals surface area contributed by atoms with Crippen LogP contribution in [0.3, 0.4) is 0 Å². The Hall–Kier alpha value is -0.220. The van der Waals surface area contributed by atoms with Crippen LogP contribution in [-0.4, -0.2) is 35.2 Å². The van der Waals surface area contributed by atoms with Crippen molar-refractivity contribution >= 4 is 17.7 Å². The van der Waals surface area contributed by atoms with Crippen LogP contribution in [0, 0.1) is 11.3 Å². The minimum Gasteiger partial charge on any atom is -0.393 e. The van der Waals surface area contributed by atoms with Gasteiger partial charge in [-0.1, -0.05) is 13.8 Å². The summed E-state index contributed by atoms with van der Waals surface area (Å²) in [7, 11) is 0. The van der Waals surface area contributed by atoms with E-state index in [1.54, 1.807) is 6.92 Å². The molecule has 1 saturated heterocycles. The predicted molar refractivity (Wildman–Crippen MR) is 77.8 cm³/mol. The number of amides is 1. The summed E-state index contributed by atoms with van der Waals surface area (Å²) in [4.78, 5) is 11.9. The van der Waals surface area contributed by atoms with Gasteiger partial charge < -0.3 is 10.4 Å². The third-order valence-corrected chi connectivity index (χ3v) is 4.48. The van der Waals surface area contributed by atoms with Crippen molar-refractivity contribution in [2.24, 2.45) is 11.3 Å². The summed E-state index contributed by atoms with van der Waals surface area (Å²) in [6, 6.07) is 0. The van der Waals surface area contributed by atoms with Gasteiger partial charge in [0.15, 0.2) is 0 Å². The fourth-order valence-corrected chi connectivity index (χ4v) is 3.70. The standard InChI is InChI=1S/C14H27NO2S/c1-11(16)9-14(2,3)10-15-13(17)8-12-4-6-18-7-5-12/h11-12,16H,4-10H2,1-3H3,(H,15,17). The molecule has 0 saturated carbocycles. The van der Waals surface area contributed by atoms with Gasteiger partial charge in [0.25, 0.3) is 0 Å². The molecular formula is C14H27NO2S. The zero-order valence-electron chi connectivity index (χ0n) is 11.9. The summed E-state index contributed by atoms with van der Waals surface area (Å²) in [6.45, 7) is 6.61. The molecule has 18 heavy (non-hydrogen) atoms. The van der Waals surface area contributed by atoms with Gasteiger partial charge in [-0.15, -0.1) is 0 Å². The van der Waals surface area contributed by atoms with E-state index in [1.165, 1.54) is 24.3 Å². The third kappa shape index (κ3) is 6.64. The van der Waals surface area contributed by atoms with Crippen molar-refractivity contribution in [3.63, 3.8) is 0 Å². The van der Waals surface area contributed by atoms with Crippen LogP contribution in [0.5, 0.6) is 0 Å². The van der Waals surface area contributed by atoms with Gasteiger partial charge in [0, 0.05) is 13.0 Å². The molecule has 1 rings (SSSR count). The molecule has 1 fully saturated rings. The highest BCUT2D eigenvalue weighted by atomic mass is 32.2. The summed E-state index contributed by atoms with van der Waals surface area (Å²) in [5, 5.41) is 12.4. The van der Waals surface area contributed by atoms with Gasteiger partial charge in [0.2, 0.25) is 5.91 Å². The van der Waals surface area contributed by atoms with E-state index in [-0.39, 0.29) is 17.4 Å². The van der Waals surface area contributed by atoms with Crippen LogP contribution >= 0.6 is 11.8 Å². The zero-order valence-corrected chi connectivity index (χ0v) is 12.7. The maximum absolute atomic E-state index is 11.9. The Morgan fingerprint density at radius 2 is 2.06 bits per heavy atom. The fraction of sp³-hybridized carbons (Fsp3) is 0.929. The van der Waals surface area contributed by atoms with Crippen molar-refractivity contribution in [1.29, 1.82) is 0 Å². The second kappa shape index (κ2) is 7.39. The average molecular weight is 273 g/mol. The number of thioether (sulfide) groups is 1. The molecule has 0 aromatic heterocycles. The lowest BCUT2D eigenvalue weighted by Crippen LogP contribution is -2.36. The molecule has 0 radical (unpaired) electrons. The highest BCUT2D eigenvalue weighted by Gasteiger charge is 2.22. The molecule has 0 spiro atoms. The predicted octanol–water partition coefficient (Wildman–Crippen LogP) is 2.43. The first-order valence-corrected chi connectivity index (χ1v) is 8.07. The van der Waals surface area contributed by atoms with Crippen LogP contribution in [0.15, 0.2) is 0 Å². The lowest BCUT2D eigenvalue weighted by atomic mass is 9.87. The summed E-state index contributed by atoms with van der Waals surface area (Å²) in [6.07, 6.45) is 3.43. The van der Waals surface area contributed by atoms with Crippen LogP contribution in [0.25, 0.3) is 0 Å². The number of hydrogen-bond donors (Lipinski definition) is 2. The van der Waals surface area contributed by atoms with E-state index in [1.807, 2.05) is 11.8 Å². The van der Waals surface area contributed by atoms with E-state index in [4.69, 9.17) is 0 Å². The molecule has 4 heteroatoms. The SMILES string of the molecule is CC(O)CC(C)(C)CNC(=O)CC1CCSCC1. The maximum atomic E-state index is 11.9. The van der Waals surface area contributed by atoms with Crippen molar-refractivity contribution in [1.82, 2.24) is 5.32 Å². The molecule has 0 bridgehead atoms. The van der Waals surface area contributed by atoms with Gasteiger partial charge in [-0.3, -0.25) is 4.79 Å². The van der Waals surface area contributed by atoms with Crippen molar-refractivity contribution in [3.8, 4) is 0 Å². The minimum absolute atomic E-state index is 0.0355. The van der Waals surface area contributed by atoms with E-state index < -0.39 is 0 Å². The number of nitrogens with one attached hydrogen (secondary N) is 1. The Balaban J connectivity index is 2.23. The quantitative estimate of drug-likeness (QED) is 0.781. The van der Waals surface area contributed by atoms with Gasteiger partial charge in [0.05, 0.1) is 6.10 Å². The first kappa shape index (κ1) is 15.8. The second-order valence-corrected chi connectivity index (χ2v) is 7.48. The minimum atomic E-state index is -0.313. The number of hydrogen-bond acceptors (Lipinski definition) is 3. The Morgan fingerprint density at radius 3 is 2.61 bits per heavy atom. The lowest BCUT2D eigenvalue weighted by molar-refractivity contribution is -0.122. The van der Waals surface area contributed by atoms with Crippen LogP contribution < -0.4 is 5.32 Å². The Labute approximate surface area is 115 Å². The van der Waals surface area contributed by atoms with Crippen molar-refractivity contribution in [3.05, 3.63) is 0 Å². The van der Waals surface area contributed by atoms with Crippen molar-refractivity contribution < 1.29 is 9.90 Å². The van der Waals surface area contributed by atoms with E-state index in [0.29, 0.717) is 25.3 Å². The van der Waals surface area contributed by atoms with Crippen molar-refractivity contribution in [2.45, 2.75) is 52.6 Å². The molecule has 1 unspecified atom stereocenters. The van der Waals surface area contributed by atoms with Gasteiger partial charge >= 0.3 is 0 Å². The van der Waals surface area contributed by atoms with Gasteiger partial charge in [-0.2, -0.15) is 11.8 Å². The first-order chi connectivity index (χ1) is 8.39. The Morgan fingerprint density at radius 1 is 1.44 bits per heavy atom. The molecule has 1 atom stereocenters.